The molecule has 0 bridgehead atoms. The Morgan fingerprint density at radius 3 is 2.71 bits per heavy atom. The van der Waals surface area contributed by atoms with Gasteiger partial charge in [-0.2, -0.15) is 5.26 Å². The molecule has 7 heteroatoms. The average Bonchev–Trinajstić information content (AvgIpc) is 2.47. The van der Waals surface area contributed by atoms with Crippen LogP contribution in [0, 0.1) is 11.3 Å². The maximum atomic E-state index is 12.1. The minimum atomic E-state index is -1.15. The molecule has 0 heterocycles. The Kier molecular flexibility index (Phi) is 6.01. The van der Waals surface area contributed by atoms with Crippen molar-refractivity contribution in [2.45, 2.75) is 13.3 Å². The second kappa shape index (κ2) is 7.75. The van der Waals surface area contributed by atoms with E-state index in [0.717, 1.165) is 0 Å². The monoisotopic (exact) mass is 291 g/mol. The molecule has 2 N–H and O–H groups in total. The molecule has 0 unspecified atom stereocenters. The summed E-state index contributed by atoms with van der Waals surface area (Å²) in [6.45, 7) is 2.48. The smallest absolute Gasteiger partial charge is 0.337 e. The van der Waals surface area contributed by atoms with E-state index in [0.29, 0.717) is 12.3 Å². The first-order chi connectivity index (χ1) is 10.0. The number of methoxy groups -OCH3 is 1. The first kappa shape index (κ1) is 16.3. The van der Waals surface area contributed by atoms with Crippen LogP contribution in [0.2, 0.25) is 0 Å². The van der Waals surface area contributed by atoms with E-state index in [1.165, 1.54) is 30.2 Å². The van der Waals surface area contributed by atoms with Gasteiger partial charge in [0.1, 0.15) is 5.75 Å². The lowest BCUT2D eigenvalue weighted by Gasteiger charge is -2.21. The number of rotatable bonds is 6. The molecule has 0 aliphatic carbocycles. The number of nitriles is 1. The van der Waals surface area contributed by atoms with Crippen LogP contribution in [-0.4, -0.2) is 42.2 Å². The third-order valence-electron chi connectivity index (χ3n) is 2.86. The van der Waals surface area contributed by atoms with Gasteiger partial charge in [-0.15, -0.1) is 0 Å². The van der Waals surface area contributed by atoms with E-state index in [1.54, 1.807) is 6.92 Å². The molecule has 7 nitrogen and oxygen atoms in total. The molecule has 0 aliphatic heterocycles. The Labute approximate surface area is 122 Å². The Morgan fingerprint density at radius 1 is 1.48 bits per heavy atom. The standard InChI is InChI=1S/C14H17N3O4/c1-3-17(8-4-7-15)14(20)16-12-9-10(21-2)5-6-11(12)13(18)19/h5-6,9H,3-4,8H2,1-2H3,(H,16,20)(H,18,19). The second-order valence-corrected chi connectivity index (χ2v) is 4.13. The van der Waals surface area contributed by atoms with Crippen molar-refractivity contribution < 1.29 is 19.4 Å². The topological polar surface area (TPSA) is 103 Å². The molecular formula is C14H17N3O4. The molecular weight excluding hydrogens is 274 g/mol. The van der Waals surface area contributed by atoms with Crippen LogP contribution in [0.1, 0.15) is 23.7 Å². The van der Waals surface area contributed by atoms with Crippen LogP contribution in [0.15, 0.2) is 18.2 Å². The van der Waals surface area contributed by atoms with E-state index in [9.17, 15) is 9.59 Å². The van der Waals surface area contributed by atoms with Gasteiger partial charge in [0.2, 0.25) is 0 Å². The summed E-state index contributed by atoms with van der Waals surface area (Å²) in [5.41, 5.74) is 0.128. The molecule has 1 aromatic rings. The number of ether oxygens (including phenoxy) is 1. The summed E-state index contributed by atoms with van der Waals surface area (Å²) in [5.74, 6) is -0.705. The Morgan fingerprint density at radius 2 is 2.19 bits per heavy atom. The molecule has 0 aromatic heterocycles. The molecule has 0 atom stereocenters. The molecule has 0 saturated carbocycles. The molecule has 21 heavy (non-hydrogen) atoms. The molecule has 1 rings (SSSR count). The predicted molar refractivity (Wildman–Crippen MR) is 76.4 cm³/mol. The van der Waals surface area contributed by atoms with E-state index in [1.807, 2.05) is 6.07 Å². The highest BCUT2D eigenvalue weighted by atomic mass is 16.5. The fourth-order valence-electron chi connectivity index (χ4n) is 1.72. The second-order valence-electron chi connectivity index (χ2n) is 4.13. The number of benzene rings is 1. The van der Waals surface area contributed by atoms with Gasteiger partial charge in [0, 0.05) is 19.2 Å². The highest BCUT2D eigenvalue weighted by Crippen LogP contribution is 2.23. The largest absolute Gasteiger partial charge is 0.497 e. The number of aromatic carboxylic acids is 1. The molecule has 0 spiro atoms. The SMILES string of the molecule is CCN(CCC#N)C(=O)Nc1cc(OC)ccc1C(=O)O. The molecule has 1 aromatic carbocycles. The quantitative estimate of drug-likeness (QED) is 0.836. The fourth-order valence-corrected chi connectivity index (χ4v) is 1.72. The van der Waals surface area contributed by atoms with Crippen molar-refractivity contribution >= 4 is 17.7 Å². The Balaban J connectivity index is 2.96. The summed E-state index contributed by atoms with van der Waals surface area (Å²) in [5, 5.41) is 20.2. The lowest BCUT2D eigenvalue weighted by Crippen LogP contribution is -2.35. The van der Waals surface area contributed by atoms with Crippen molar-refractivity contribution in [1.29, 1.82) is 5.26 Å². The van der Waals surface area contributed by atoms with Gasteiger partial charge in [-0.3, -0.25) is 0 Å². The minimum Gasteiger partial charge on any atom is -0.497 e. The number of anilines is 1. The maximum absolute atomic E-state index is 12.1. The fraction of sp³-hybridized carbons (Fsp3) is 0.357. The third kappa shape index (κ3) is 4.38. The molecule has 2 amide bonds. The van der Waals surface area contributed by atoms with Crippen molar-refractivity contribution in [3.63, 3.8) is 0 Å². The minimum absolute atomic E-state index is 0.0273. The first-order valence-corrected chi connectivity index (χ1v) is 6.37. The van der Waals surface area contributed by atoms with Crippen LogP contribution in [0.4, 0.5) is 10.5 Å². The highest BCUT2D eigenvalue weighted by molar-refractivity contribution is 6.00. The van der Waals surface area contributed by atoms with Crippen LogP contribution in [0.3, 0.4) is 0 Å². The number of carbonyl (C=O) groups excluding carboxylic acids is 1. The van der Waals surface area contributed by atoms with E-state index in [4.69, 9.17) is 15.1 Å². The van der Waals surface area contributed by atoms with Crippen molar-refractivity contribution in [1.82, 2.24) is 4.90 Å². The van der Waals surface area contributed by atoms with E-state index < -0.39 is 12.0 Å². The van der Waals surface area contributed by atoms with Gasteiger partial charge in [0.25, 0.3) is 0 Å². The zero-order valence-corrected chi connectivity index (χ0v) is 11.9. The Bertz CT molecular complexity index is 566. The van der Waals surface area contributed by atoms with Crippen molar-refractivity contribution in [3.05, 3.63) is 23.8 Å². The predicted octanol–water partition coefficient (Wildman–Crippen LogP) is 2.16. The average molecular weight is 291 g/mol. The highest BCUT2D eigenvalue weighted by Gasteiger charge is 2.16. The van der Waals surface area contributed by atoms with Crippen molar-refractivity contribution in [2.24, 2.45) is 0 Å². The molecule has 0 radical (unpaired) electrons. The maximum Gasteiger partial charge on any atom is 0.337 e. The molecule has 0 aliphatic rings. The van der Waals surface area contributed by atoms with Crippen LogP contribution in [0.5, 0.6) is 5.75 Å². The van der Waals surface area contributed by atoms with E-state index in [-0.39, 0.29) is 24.2 Å². The number of carboxylic acids is 1. The van der Waals surface area contributed by atoms with Crippen LogP contribution in [-0.2, 0) is 0 Å². The Hall–Kier alpha value is -2.75. The number of carbonyl (C=O) groups is 2. The van der Waals surface area contributed by atoms with E-state index in [2.05, 4.69) is 5.32 Å². The number of hydrogen-bond acceptors (Lipinski definition) is 4. The number of hydrogen-bond donors (Lipinski definition) is 2. The van der Waals surface area contributed by atoms with Crippen LogP contribution >= 0.6 is 0 Å². The van der Waals surface area contributed by atoms with Crippen molar-refractivity contribution in [2.75, 3.05) is 25.5 Å². The number of amides is 2. The number of carboxylic acid groups (broad SMARTS) is 1. The lowest BCUT2D eigenvalue weighted by molar-refractivity contribution is 0.0698. The molecule has 112 valence electrons. The van der Waals surface area contributed by atoms with Gasteiger partial charge in [0.15, 0.2) is 0 Å². The number of nitrogens with zero attached hydrogens (tertiary/aromatic N) is 2. The summed E-state index contributed by atoms with van der Waals surface area (Å²) in [6.07, 6.45) is 0.213. The summed E-state index contributed by atoms with van der Waals surface area (Å²) >= 11 is 0. The van der Waals surface area contributed by atoms with E-state index >= 15 is 0 Å². The zero-order valence-electron chi connectivity index (χ0n) is 11.9. The van der Waals surface area contributed by atoms with Gasteiger partial charge in [-0.05, 0) is 19.1 Å². The normalized spacial score (nSPS) is 9.57. The van der Waals surface area contributed by atoms with Gasteiger partial charge < -0.3 is 20.1 Å². The van der Waals surface area contributed by atoms with Crippen LogP contribution in [0.25, 0.3) is 0 Å². The summed E-state index contributed by atoms with van der Waals surface area (Å²) < 4.78 is 5.02. The van der Waals surface area contributed by atoms with Gasteiger partial charge in [0.05, 0.1) is 30.9 Å². The van der Waals surface area contributed by atoms with Crippen molar-refractivity contribution in [3.8, 4) is 11.8 Å². The summed E-state index contributed by atoms with van der Waals surface area (Å²) in [4.78, 5) is 24.7. The number of urea groups is 1. The van der Waals surface area contributed by atoms with Crippen LogP contribution < -0.4 is 10.1 Å². The van der Waals surface area contributed by atoms with Gasteiger partial charge in [-0.25, -0.2) is 9.59 Å². The third-order valence-corrected chi connectivity index (χ3v) is 2.86. The lowest BCUT2D eigenvalue weighted by atomic mass is 10.1. The van der Waals surface area contributed by atoms with Gasteiger partial charge >= 0.3 is 12.0 Å². The molecule has 0 saturated heterocycles. The van der Waals surface area contributed by atoms with Gasteiger partial charge in [-0.1, -0.05) is 0 Å². The zero-order chi connectivity index (χ0) is 15.8. The molecule has 0 fully saturated rings. The number of nitrogens with one attached hydrogen (secondary N) is 1. The summed E-state index contributed by atoms with van der Waals surface area (Å²) in [6, 6.07) is 5.82. The first-order valence-electron chi connectivity index (χ1n) is 6.37. The summed E-state index contributed by atoms with van der Waals surface area (Å²) in [7, 11) is 1.45.